The highest BCUT2D eigenvalue weighted by molar-refractivity contribution is 7.89. The largest absolute Gasteiger partial charge is 0.490 e. The highest BCUT2D eigenvalue weighted by Crippen LogP contribution is 2.30. The van der Waals surface area contributed by atoms with E-state index in [2.05, 4.69) is 14.7 Å². The third-order valence-electron chi connectivity index (χ3n) is 4.17. The minimum Gasteiger partial charge on any atom is -0.490 e. The van der Waals surface area contributed by atoms with Crippen LogP contribution in [0.3, 0.4) is 0 Å². The lowest BCUT2D eigenvalue weighted by atomic mass is 10.2. The van der Waals surface area contributed by atoms with E-state index in [1.54, 1.807) is 30.7 Å². The molecule has 0 spiro atoms. The smallest absolute Gasteiger partial charge is 0.241 e. The van der Waals surface area contributed by atoms with Crippen molar-refractivity contribution in [2.45, 2.75) is 32.2 Å². The molecule has 0 saturated heterocycles. The summed E-state index contributed by atoms with van der Waals surface area (Å²) < 4.78 is 41.0. The summed E-state index contributed by atoms with van der Waals surface area (Å²) in [4.78, 5) is 8.62. The zero-order valence-corrected chi connectivity index (χ0v) is 17.4. The number of aryl methyl sites for hydroxylation is 1. The molecule has 8 nitrogen and oxygen atoms in total. The molecule has 3 rings (SSSR count). The molecule has 0 amide bonds. The van der Waals surface area contributed by atoms with Crippen molar-refractivity contribution in [3.8, 4) is 17.3 Å². The zero-order valence-electron chi connectivity index (χ0n) is 16.6. The number of pyridine rings is 1. The van der Waals surface area contributed by atoms with Gasteiger partial charge < -0.3 is 9.47 Å². The van der Waals surface area contributed by atoms with Crippen molar-refractivity contribution in [1.29, 1.82) is 0 Å². The van der Waals surface area contributed by atoms with Gasteiger partial charge in [0.25, 0.3) is 0 Å². The lowest BCUT2D eigenvalue weighted by Crippen LogP contribution is -2.23. The predicted octanol–water partition coefficient (Wildman–Crippen LogP) is 2.85. The number of rotatable bonds is 9. The maximum absolute atomic E-state index is 12.8. The fourth-order valence-electron chi connectivity index (χ4n) is 2.78. The summed E-state index contributed by atoms with van der Waals surface area (Å²) >= 11 is 0. The van der Waals surface area contributed by atoms with Crippen LogP contribution in [0, 0.1) is 6.92 Å². The number of sulfonamides is 1. The highest BCUT2D eigenvalue weighted by atomic mass is 32.2. The number of ether oxygens (including phenoxy) is 2. The van der Waals surface area contributed by atoms with Crippen LogP contribution in [0.5, 0.6) is 11.5 Å². The number of benzene rings is 1. The molecule has 1 aromatic carbocycles. The summed E-state index contributed by atoms with van der Waals surface area (Å²) in [5.74, 6) is 2.39. The topological polar surface area (TPSA) is 95.3 Å². The van der Waals surface area contributed by atoms with Crippen molar-refractivity contribution in [1.82, 2.24) is 19.3 Å². The number of nitrogens with zero attached hydrogens (tertiary/aromatic N) is 3. The summed E-state index contributed by atoms with van der Waals surface area (Å²) in [6.45, 7) is 6.56. The fourth-order valence-corrected chi connectivity index (χ4v) is 3.82. The first kappa shape index (κ1) is 20.8. The molecule has 0 aliphatic heterocycles. The third kappa shape index (κ3) is 4.93. The summed E-state index contributed by atoms with van der Waals surface area (Å²) in [5, 5.41) is 0. The molecule has 154 valence electrons. The van der Waals surface area contributed by atoms with E-state index in [-0.39, 0.29) is 11.4 Å². The van der Waals surface area contributed by atoms with Crippen molar-refractivity contribution < 1.29 is 17.9 Å². The molecule has 0 saturated carbocycles. The van der Waals surface area contributed by atoms with Gasteiger partial charge >= 0.3 is 0 Å². The first-order chi connectivity index (χ1) is 13.9. The zero-order chi connectivity index (χ0) is 20.9. The molecule has 0 unspecified atom stereocenters. The van der Waals surface area contributed by atoms with Gasteiger partial charge in [0.2, 0.25) is 10.0 Å². The summed E-state index contributed by atoms with van der Waals surface area (Å²) in [6.07, 6.45) is 5.14. The van der Waals surface area contributed by atoms with Gasteiger partial charge in [-0.15, -0.1) is 0 Å². The van der Waals surface area contributed by atoms with E-state index in [9.17, 15) is 8.42 Å². The Morgan fingerprint density at radius 3 is 2.45 bits per heavy atom. The molecule has 0 fully saturated rings. The maximum atomic E-state index is 12.8. The molecule has 0 atom stereocenters. The molecule has 9 heteroatoms. The first-order valence-corrected chi connectivity index (χ1v) is 10.8. The van der Waals surface area contributed by atoms with Gasteiger partial charge in [-0.25, -0.2) is 23.1 Å². The molecule has 3 aromatic rings. The molecule has 29 heavy (non-hydrogen) atoms. The lowest BCUT2D eigenvalue weighted by molar-refractivity contribution is 0.287. The quantitative estimate of drug-likeness (QED) is 0.576. The van der Waals surface area contributed by atoms with Gasteiger partial charge in [0.15, 0.2) is 11.5 Å². The van der Waals surface area contributed by atoms with Crippen LogP contribution in [-0.2, 0) is 16.6 Å². The van der Waals surface area contributed by atoms with E-state index >= 15 is 0 Å². The Labute approximate surface area is 170 Å². The van der Waals surface area contributed by atoms with E-state index in [4.69, 9.17) is 9.47 Å². The van der Waals surface area contributed by atoms with Crippen molar-refractivity contribution in [2.24, 2.45) is 0 Å². The second kappa shape index (κ2) is 9.06. The van der Waals surface area contributed by atoms with Crippen molar-refractivity contribution in [2.75, 3.05) is 13.2 Å². The van der Waals surface area contributed by atoms with Gasteiger partial charge in [-0.1, -0.05) is 0 Å². The molecule has 0 radical (unpaired) electrons. The molecular weight excluding hydrogens is 392 g/mol. The average Bonchev–Trinajstić information content (AvgIpc) is 3.14. The Morgan fingerprint density at radius 1 is 1.00 bits per heavy atom. The van der Waals surface area contributed by atoms with Crippen molar-refractivity contribution in [3.63, 3.8) is 0 Å². The molecule has 2 aromatic heterocycles. The third-order valence-corrected chi connectivity index (χ3v) is 5.57. The van der Waals surface area contributed by atoms with Crippen LogP contribution in [-0.4, -0.2) is 36.2 Å². The van der Waals surface area contributed by atoms with E-state index in [0.717, 1.165) is 11.4 Å². The summed E-state index contributed by atoms with van der Waals surface area (Å²) in [5.41, 5.74) is 0.780. The Bertz CT molecular complexity index is 1080. The number of imidazole rings is 1. The van der Waals surface area contributed by atoms with Crippen LogP contribution in [0.4, 0.5) is 0 Å². The Balaban J connectivity index is 1.78. The molecule has 0 bridgehead atoms. The first-order valence-electron chi connectivity index (χ1n) is 9.29. The molecule has 1 N–H and O–H groups in total. The van der Waals surface area contributed by atoms with Crippen LogP contribution < -0.4 is 14.2 Å². The van der Waals surface area contributed by atoms with Gasteiger partial charge in [0, 0.05) is 31.2 Å². The molecular formula is C20H24N4O4S. The lowest BCUT2D eigenvalue weighted by Gasteiger charge is -2.13. The molecule has 0 aliphatic rings. The Hall–Kier alpha value is -2.91. The molecule has 2 heterocycles. The second-order valence-corrected chi connectivity index (χ2v) is 7.93. The van der Waals surface area contributed by atoms with Crippen LogP contribution in [0.2, 0.25) is 0 Å². The number of hydrogen-bond acceptors (Lipinski definition) is 6. The van der Waals surface area contributed by atoms with Crippen LogP contribution >= 0.6 is 0 Å². The number of nitrogens with one attached hydrogen (secondary N) is 1. The minimum atomic E-state index is -3.73. The van der Waals surface area contributed by atoms with E-state index < -0.39 is 10.0 Å². The predicted molar refractivity (Wildman–Crippen MR) is 109 cm³/mol. The number of hydrogen-bond donors (Lipinski definition) is 1. The second-order valence-electron chi connectivity index (χ2n) is 6.17. The van der Waals surface area contributed by atoms with E-state index in [1.807, 2.05) is 31.4 Å². The average molecular weight is 417 g/mol. The maximum Gasteiger partial charge on any atom is 0.241 e. The van der Waals surface area contributed by atoms with Gasteiger partial charge in [0.05, 0.1) is 18.1 Å². The normalized spacial score (nSPS) is 11.4. The van der Waals surface area contributed by atoms with E-state index in [1.165, 1.54) is 12.1 Å². The van der Waals surface area contributed by atoms with E-state index in [0.29, 0.717) is 30.5 Å². The van der Waals surface area contributed by atoms with Crippen molar-refractivity contribution >= 4 is 10.0 Å². The molecule has 0 aliphatic carbocycles. The standard InChI is InChI=1S/C20H24N4O4S/c1-4-27-18-7-6-17(13-19(18)28-5-2)29(25,26)23-14-16-8-9-22-20(12-16)24-11-10-21-15(24)3/h6-13,23H,4-5,14H2,1-3H3. The minimum absolute atomic E-state index is 0.115. The van der Waals surface area contributed by atoms with Crippen LogP contribution in [0.25, 0.3) is 5.82 Å². The van der Waals surface area contributed by atoms with Gasteiger partial charge in [0.1, 0.15) is 11.6 Å². The Morgan fingerprint density at radius 2 is 1.76 bits per heavy atom. The SMILES string of the molecule is CCOc1ccc(S(=O)(=O)NCc2ccnc(-n3ccnc3C)c2)cc1OCC. The number of aromatic nitrogens is 3. The summed E-state index contributed by atoms with van der Waals surface area (Å²) in [6, 6.07) is 8.17. The fraction of sp³-hybridized carbons (Fsp3) is 0.300. The van der Waals surface area contributed by atoms with Crippen molar-refractivity contribution in [3.05, 3.63) is 60.3 Å². The van der Waals surface area contributed by atoms with Gasteiger partial charge in [-0.05, 0) is 50.6 Å². The summed E-state index contributed by atoms with van der Waals surface area (Å²) in [7, 11) is -3.73. The van der Waals surface area contributed by atoms with Crippen LogP contribution in [0.15, 0.2) is 53.8 Å². The van der Waals surface area contributed by atoms with Crippen LogP contribution in [0.1, 0.15) is 25.2 Å². The Kier molecular flexibility index (Phi) is 6.50. The monoisotopic (exact) mass is 416 g/mol. The highest BCUT2D eigenvalue weighted by Gasteiger charge is 2.17. The van der Waals surface area contributed by atoms with Gasteiger partial charge in [-0.2, -0.15) is 0 Å². The van der Waals surface area contributed by atoms with Gasteiger partial charge in [-0.3, -0.25) is 4.57 Å².